The Morgan fingerprint density at radius 2 is 1.82 bits per heavy atom. The van der Waals surface area contributed by atoms with Gasteiger partial charge in [0.15, 0.2) is 0 Å². The Labute approximate surface area is 242 Å². The number of ether oxygens (including phenoxy) is 1. The minimum absolute atomic E-state index is 0.00507. The molecule has 1 aliphatic heterocycles. The van der Waals surface area contributed by atoms with Crippen LogP contribution in [0.3, 0.4) is 0 Å². The molecule has 0 atom stereocenters. The highest BCUT2D eigenvalue weighted by atomic mass is 35.5. The zero-order chi connectivity index (χ0) is 28.4. The second-order valence-electron chi connectivity index (χ2n) is 8.42. The van der Waals surface area contributed by atoms with Crippen LogP contribution in [0.5, 0.6) is 0 Å². The van der Waals surface area contributed by atoms with Crippen molar-refractivity contribution in [2.45, 2.75) is 4.90 Å². The van der Waals surface area contributed by atoms with E-state index in [0.717, 1.165) is 11.3 Å². The summed E-state index contributed by atoms with van der Waals surface area (Å²) in [4.78, 5) is 26.2. The molecule has 2 heterocycles. The summed E-state index contributed by atoms with van der Waals surface area (Å²) in [6.07, 6.45) is 3.85. The van der Waals surface area contributed by atoms with Gasteiger partial charge in [-0.1, -0.05) is 29.3 Å². The van der Waals surface area contributed by atoms with Crippen LogP contribution < -0.4 is 14.9 Å². The number of nitrogens with one attached hydrogen (secondary N) is 2. The van der Waals surface area contributed by atoms with Crippen molar-refractivity contribution >= 4 is 80.0 Å². The van der Waals surface area contributed by atoms with E-state index in [-0.39, 0.29) is 21.5 Å². The van der Waals surface area contributed by atoms with Gasteiger partial charge in [-0.3, -0.25) is 14.3 Å². The number of hydrogen-bond donors (Lipinski definition) is 2. The minimum atomic E-state index is -4.08. The molecule has 9 nitrogen and oxygen atoms in total. The predicted octanol–water partition coefficient (Wildman–Crippen LogP) is 5.05. The maximum Gasteiger partial charge on any atom is 0.264 e. The number of rotatable bonds is 8. The number of nitrogens with zero attached hydrogens (tertiary/aromatic N) is 2. The van der Waals surface area contributed by atoms with Crippen LogP contribution in [0, 0.1) is 0 Å². The van der Waals surface area contributed by atoms with Crippen LogP contribution in [0.4, 0.5) is 17.1 Å². The van der Waals surface area contributed by atoms with Crippen LogP contribution in [-0.4, -0.2) is 66.0 Å². The molecule has 0 spiro atoms. The monoisotopic (exact) mass is 610 g/mol. The average Bonchev–Trinajstić information content (AvgIpc) is 3.44. The normalized spacial score (nSPS) is 13.4. The molecule has 1 aromatic heterocycles. The second kappa shape index (κ2) is 14.3. The fourth-order valence-electron chi connectivity index (χ4n) is 3.38. The third-order valence-corrected chi connectivity index (χ3v) is 7.99. The van der Waals surface area contributed by atoms with E-state index >= 15 is 0 Å². The Morgan fingerprint density at radius 3 is 2.46 bits per heavy atom. The van der Waals surface area contributed by atoms with E-state index in [0.29, 0.717) is 42.7 Å². The van der Waals surface area contributed by atoms with Crippen LogP contribution in [0.25, 0.3) is 6.08 Å². The van der Waals surface area contributed by atoms with E-state index in [1.807, 2.05) is 22.4 Å². The number of thiophene rings is 1. The SMILES string of the molecule is CN(C)C=O.O=C(C=Cc1cccs1)Nc1ccc(N2CCOCC2)c(S(=O)(=O)Nc2cc(Cl)ccc2Cl)c1. The van der Waals surface area contributed by atoms with E-state index in [2.05, 4.69) is 10.0 Å². The van der Waals surface area contributed by atoms with E-state index in [9.17, 15) is 18.0 Å². The number of carbonyl (C=O) groups excluding carboxylic acids is 2. The zero-order valence-electron chi connectivity index (χ0n) is 21.3. The first-order valence-electron chi connectivity index (χ1n) is 11.7. The molecule has 3 aromatic rings. The summed E-state index contributed by atoms with van der Waals surface area (Å²) in [6, 6.07) is 13.1. The quantitative estimate of drug-likeness (QED) is 0.273. The minimum Gasteiger partial charge on any atom is -0.378 e. The van der Waals surface area contributed by atoms with Gasteiger partial charge in [0, 0.05) is 48.8 Å². The Balaban J connectivity index is 0.000000771. The van der Waals surface area contributed by atoms with Crippen LogP contribution in [0.2, 0.25) is 10.0 Å². The van der Waals surface area contributed by atoms with Crippen molar-refractivity contribution in [1.29, 1.82) is 0 Å². The summed E-state index contributed by atoms with van der Waals surface area (Å²) >= 11 is 13.7. The molecule has 2 aromatic carbocycles. The Morgan fingerprint density at radius 1 is 1.10 bits per heavy atom. The van der Waals surface area contributed by atoms with Crippen LogP contribution in [0.15, 0.2) is 64.9 Å². The maximum absolute atomic E-state index is 13.5. The predicted molar refractivity (Wildman–Crippen MR) is 158 cm³/mol. The molecule has 0 saturated carbocycles. The van der Waals surface area contributed by atoms with Crippen LogP contribution >= 0.6 is 34.5 Å². The number of carbonyl (C=O) groups is 2. The fourth-order valence-corrected chi connectivity index (χ4v) is 5.71. The van der Waals surface area contributed by atoms with Crippen LogP contribution in [0.1, 0.15) is 4.88 Å². The molecule has 0 radical (unpaired) electrons. The lowest BCUT2D eigenvalue weighted by atomic mass is 10.2. The van der Waals surface area contributed by atoms with E-state index in [1.54, 1.807) is 38.4 Å². The molecular weight excluding hydrogens is 583 g/mol. The lowest BCUT2D eigenvalue weighted by molar-refractivity contribution is -0.116. The smallest absolute Gasteiger partial charge is 0.264 e. The molecule has 1 fully saturated rings. The maximum atomic E-state index is 13.5. The lowest BCUT2D eigenvalue weighted by Gasteiger charge is -2.30. The van der Waals surface area contributed by atoms with Gasteiger partial charge in [0.25, 0.3) is 10.0 Å². The number of sulfonamides is 1. The van der Waals surface area contributed by atoms with Gasteiger partial charge in [0.05, 0.1) is 29.6 Å². The number of halogens is 2. The standard InChI is InChI=1S/C23H21Cl2N3O4S2.C3H7NO/c24-16-3-6-19(25)20(14-16)27-34(30,31)22-15-17(4-7-21(22)28-9-11-32-12-10-28)26-23(29)8-5-18-2-1-13-33-18;1-4(2)3-5/h1-8,13-15,27H,9-12H2,(H,26,29);3H,1-2H3. The summed E-state index contributed by atoms with van der Waals surface area (Å²) in [5.74, 6) is -0.373. The van der Waals surface area contributed by atoms with Crippen molar-refractivity contribution in [1.82, 2.24) is 4.90 Å². The molecule has 39 heavy (non-hydrogen) atoms. The lowest BCUT2D eigenvalue weighted by Crippen LogP contribution is -2.37. The summed E-state index contributed by atoms with van der Waals surface area (Å²) in [5, 5.41) is 5.20. The van der Waals surface area contributed by atoms with Gasteiger partial charge in [0.1, 0.15) is 4.90 Å². The largest absolute Gasteiger partial charge is 0.378 e. The number of morpholine rings is 1. The molecule has 2 amide bonds. The first-order valence-corrected chi connectivity index (χ1v) is 14.8. The molecule has 0 bridgehead atoms. The molecule has 208 valence electrons. The van der Waals surface area contributed by atoms with Crippen molar-refractivity contribution < 1.29 is 22.7 Å². The molecule has 0 unspecified atom stereocenters. The van der Waals surface area contributed by atoms with Crippen molar-refractivity contribution in [3.05, 3.63) is 74.9 Å². The Kier molecular flexibility index (Phi) is 11.2. The van der Waals surface area contributed by atoms with E-state index < -0.39 is 10.0 Å². The third-order valence-electron chi connectivity index (χ3n) is 5.19. The van der Waals surface area contributed by atoms with Crippen molar-refractivity contribution in [3.63, 3.8) is 0 Å². The number of benzene rings is 2. The van der Waals surface area contributed by atoms with Crippen LogP contribution in [-0.2, 0) is 24.3 Å². The third kappa shape index (κ3) is 9.26. The Hall–Kier alpha value is -3.09. The summed E-state index contributed by atoms with van der Waals surface area (Å²) in [6.45, 7) is 2.05. The van der Waals surface area contributed by atoms with Crippen molar-refractivity contribution in [2.75, 3.05) is 55.3 Å². The Bertz CT molecular complexity index is 1410. The highest BCUT2D eigenvalue weighted by molar-refractivity contribution is 7.93. The summed E-state index contributed by atoms with van der Waals surface area (Å²) in [7, 11) is -0.707. The average molecular weight is 612 g/mol. The highest BCUT2D eigenvalue weighted by Crippen LogP contribution is 2.33. The summed E-state index contributed by atoms with van der Waals surface area (Å²) in [5.41, 5.74) is 1.01. The fraction of sp³-hybridized carbons (Fsp3) is 0.231. The van der Waals surface area contributed by atoms with Crippen molar-refractivity contribution in [3.8, 4) is 0 Å². The second-order valence-corrected chi connectivity index (χ2v) is 11.9. The molecule has 0 aliphatic carbocycles. The van der Waals surface area contributed by atoms with Gasteiger partial charge in [-0.2, -0.15) is 0 Å². The molecule has 13 heteroatoms. The molecule has 1 saturated heterocycles. The topological polar surface area (TPSA) is 108 Å². The van der Waals surface area contributed by atoms with E-state index in [4.69, 9.17) is 27.9 Å². The molecule has 4 rings (SSSR count). The van der Waals surface area contributed by atoms with Crippen molar-refractivity contribution in [2.24, 2.45) is 0 Å². The number of amides is 2. The molecular formula is C26H28Cl2N4O5S2. The van der Waals surface area contributed by atoms with Gasteiger partial charge in [-0.25, -0.2) is 8.42 Å². The van der Waals surface area contributed by atoms with Gasteiger partial charge in [-0.15, -0.1) is 11.3 Å². The number of anilines is 3. The molecule has 2 N–H and O–H groups in total. The van der Waals surface area contributed by atoms with Gasteiger partial charge < -0.3 is 19.9 Å². The number of hydrogen-bond acceptors (Lipinski definition) is 7. The first kappa shape index (κ1) is 30.5. The zero-order valence-corrected chi connectivity index (χ0v) is 24.4. The van der Waals surface area contributed by atoms with Gasteiger partial charge in [-0.05, 0) is 53.9 Å². The van der Waals surface area contributed by atoms with E-state index in [1.165, 1.54) is 40.5 Å². The first-order chi connectivity index (χ1) is 18.6. The summed E-state index contributed by atoms with van der Waals surface area (Å²) < 4.78 is 34.8. The van der Waals surface area contributed by atoms with Gasteiger partial charge in [0.2, 0.25) is 12.3 Å². The highest BCUT2D eigenvalue weighted by Gasteiger charge is 2.25. The molecule has 1 aliphatic rings. The van der Waals surface area contributed by atoms with Gasteiger partial charge >= 0.3 is 0 Å².